The van der Waals surface area contributed by atoms with Crippen LogP contribution in [0.3, 0.4) is 0 Å². The van der Waals surface area contributed by atoms with E-state index in [9.17, 15) is 0 Å². The Morgan fingerprint density at radius 3 is 2.56 bits per heavy atom. The van der Waals surface area contributed by atoms with Crippen LogP contribution < -0.4 is 0 Å². The fourth-order valence-corrected chi connectivity index (χ4v) is 1.40. The van der Waals surface area contributed by atoms with E-state index >= 15 is 0 Å². The van der Waals surface area contributed by atoms with Crippen molar-refractivity contribution in [3.8, 4) is 0 Å². The van der Waals surface area contributed by atoms with Crippen molar-refractivity contribution in [1.82, 2.24) is 0 Å². The monoisotopic (exact) mass is 124 g/mol. The summed E-state index contributed by atoms with van der Waals surface area (Å²) < 4.78 is 0. The van der Waals surface area contributed by atoms with Crippen LogP contribution in [0.2, 0.25) is 0 Å². The average molecular weight is 124 g/mol. The molecule has 0 spiro atoms. The maximum absolute atomic E-state index is 2.31. The molecule has 0 heterocycles. The van der Waals surface area contributed by atoms with Crippen molar-refractivity contribution in [2.75, 3.05) is 0 Å². The van der Waals surface area contributed by atoms with E-state index in [0.717, 1.165) is 5.92 Å². The Morgan fingerprint density at radius 2 is 2.22 bits per heavy atom. The van der Waals surface area contributed by atoms with E-state index in [2.05, 4.69) is 20.8 Å². The molecule has 0 nitrogen and oxygen atoms in total. The van der Waals surface area contributed by atoms with E-state index in [4.69, 9.17) is 0 Å². The molecule has 1 saturated carbocycles. The zero-order chi connectivity index (χ0) is 6.85. The van der Waals surface area contributed by atoms with Gasteiger partial charge in [-0.05, 0) is 25.7 Å². The minimum absolute atomic E-state index is 0.927. The van der Waals surface area contributed by atoms with Gasteiger partial charge in [0.2, 0.25) is 0 Å². The summed E-state index contributed by atoms with van der Waals surface area (Å²) in [4.78, 5) is 0. The molecule has 9 heavy (non-hydrogen) atoms. The van der Waals surface area contributed by atoms with Gasteiger partial charge in [0.15, 0.2) is 0 Å². The first-order chi connectivity index (χ1) is 4.25. The molecule has 0 radical (unpaired) electrons. The van der Waals surface area contributed by atoms with Gasteiger partial charge < -0.3 is 0 Å². The van der Waals surface area contributed by atoms with Crippen LogP contribution in [0.4, 0.5) is 0 Å². The van der Waals surface area contributed by atoms with Crippen LogP contribution in [0.15, 0.2) is 11.1 Å². The van der Waals surface area contributed by atoms with Crippen LogP contribution in [-0.4, -0.2) is 0 Å². The van der Waals surface area contributed by atoms with Crippen molar-refractivity contribution in [1.29, 1.82) is 0 Å². The maximum Gasteiger partial charge on any atom is -0.0191 e. The molecule has 1 aliphatic rings. The molecule has 1 unspecified atom stereocenters. The van der Waals surface area contributed by atoms with Crippen molar-refractivity contribution in [3.05, 3.63) is 11.1 Å². The van der Waals surface area contributed by atoms with Gasteiger partial charge in [0.05, 0.1) is 0 Å². The highest BCUT2D eigenvalue weighted by Gasteiger charge is 2.25. The van der Waals surface area contributed by atoms with Gasteiger partial charge >= 0.3 is 0 Å². The fourth-order valence-electron chi connectivity index (χ4n) is 1.40. The lowest BCUT2D eigenvalue weighted by atomic mass is 10.1. The third-order valence-corrected chi connectivity index (χ3v) is 2.13. The highest BCUT2D eigenvalue weighted by Crippen LogP contribution is 2.40. The van der Waals surface area contributed by atoms with Gasteiger partial charge in [-0.3, -0.25) is 0 Å². The van der Waals surface area contributed by atoms with E-state index in [1.165, 1.54) is 19.3 Å². The summed E-state index contributed by atoms with van der Waals surface area (Å²) in [5.41, 5.74) is 3.39. The van der Waals surface area contributed by atoms with Gasteiger partial charge in [0.1, 0.15) is 0 Å². The second kappa shape index (κ2) is 2.55. The van der Waals surface area contributed by atoms with Gasteiger partial charge in [-0.2, -0.15) is 0 Å². The van der Waals surface area contributed by atoms with Gasteiger partial charge in [-0.1, -0.05) is 31.4 Å². The van der Waals surface area contributed by atoms with Crippen molar-refractivity contribution >= 4 is 0 Å². The van der Waals surface area contributed by atoms with Crippen LogP contribution in [0, 0.1) is 5.92 Å². The van der Waals surface area contributed by atoms with Crippen molar-refractivity contribution in [2.24, 2.45) is 5.92 Å². The molecule has 1 atom stereocenters. The Bertz CT molecular complexity index is 131. The van der Waals surface area contributed by atoms with Crippen LogP contribution in [-0.2, 0) is 0 Å². The van der Waals surface area contributed by atoms with Gasteiger partial charge in [-0.15, -0.1) is 0 Å². The molecule has 0 aromatic heterocycles. The van der Waals surface area contributed by atoms with Crippen LogP contribution in [0.25, 0.3) is 0 Å². The smallest absolute Gasteiger partial charge is 0.0191 e. The minimum atomic E-state index is 0.927. The first-order valence-corrected chi connectivity index (χ1v) is 3.94. The molecule has 0 aromatic carbocycles. The lowest BCUT2D eigenvalue weighted by Crippen LogP contribution is -1.74. The molecule has 1 aliphatic carbocycles. The Balaban J connectivity index is 2.41. The molecular weight excluding hydrogens is 108 g/mol. The number of rotatable bonds is 2. The molecule has 0 saturated heterocycles. The quantitative estimate of drug-likeness (QED) is 0.496. The number of hydrogen-bond acceptors (Lipinski definition) is 0. The molecule has 1 rings (SSSR count). The highest BCUT2D eigenvalue weighted by atomic mass is 14.3. The van der Waals surface area contributed by atoms with E-state index in [1.807, 2.05) is 0 Å². The van der Waals surface area contributed by atoms with Gasteiger partial charge in [0.25, 0.3) is 0 Å². The van der Waals surface area contributed by atoms with E-state index < -0.39 is 0 Å². The summed E-state index contributed by atoms with van der Waals surface area (Å²) in [6, 6.07) is 0. The molecule has 0 N–H and O–H groups in total. The molecule has 0 amide bonds. The molecule has 0 heteroatoms. The van der Waals surface area contributed by atoms with Gasteiger partial charge in [-0.25, -0.2) is 0 Å². The third-order valence-electron chi connectivity index (χ3n) is 2.13. The maximum atomic E-state index is 2.31. The molecule has 52 valence electrons. The Morgan fingerprint density at radius 1 is 1.67 bits per heavy atom. The molecule has 0 aliphatic heterocycles. The summed E-state index contributed by atoms with van der Waals surface area (Å²) in [6.07, 6.45) is 4.01. The largest absolute Gasteiger partial charge is 0.0738 e. The van der Waals surface area contributed by atoms with Crippen LogP contribution >= 0.6 is 0 Å². The predicted octanol–water partition coefficient (Wildman–Crippen LogP) is 3.14. The predicted molar refractivity (Wildman–Crippen MR) is 41.4 cm³/mol. The van der Waals surface area contributed by atoms with Crippen molar-refractivity contribution in [2.45, 2.75) is 40.0 Å². The second-order valence-electron chi connectivity index (χ2n) is 3.16. The zero-order valence-electron chi connectivity index (χ0n) is 6.70. The number of hydrogen-bond donors (Lipinski definition) is 0. The third kappa shape index (κ3) is 1.57. The Labute approximate surface area is 58.0 Å². The summed E-state index contributed by atoms with van der Waals surface area (Å²) in [7, 11) is 0. The van der Waals surface area contributed by atoms with Crippen LogP contribution in [0.1, 0.15) is 40.0 Å². The standard InChI is InChI=1S/C9H16/c1-4-5-7(2)9-6-8(9)3/h8H,4-6H2,1-3H3. The van der Waals surface area contributed by atoms with Crippen LogP contribution in [0.5, 0.6) is 0 Å². The highest BCUT2D eigenvalue weighted by molar-refractivity contribution is 5.27. The molecule has 0 bridgehead atoms. The zero-order valence-corrected chi connectivity index (χ0v) is 6.70. The lowest BCUT2D eigenvalue weighted by Gasteiger charge is -1.93. The van der Waals surface area contributed by atoms with E-state index in [0.29, 0.717) is 0 Å². The Hall–Kier alpha value is -0.260. The van der Waals surface area contributed by atoms with Gasteiger partial charge in [0, 0.05) is 0 Å². The average Bonchev–Trinajstić information content (AvgIpc) is 2.47. The second-order valence-corrected chi connectivity index (χ2v) is 3.16. The molecule has 1 fully saturated rings. The summed E-state index contributed by atoms with van der Waals surface area (Å²) >= 11 is 0. The minimum Gasteiger partial charge on any atom is -0.0738 e. The topological polar surface area (TPSA) is 0 Å². The molecule has 0 aromatic rings. The SMILES string of the molecule is CCCC(C)=C1CC1C. The van der Waals surface area contributed by atoms with Crippen molar-refractivity contribution in [3.63, 3.8) is 0 Å². The lowest BCUT2D eigenvalue weighted by molar-refractivity contribution is 0.894. The summed E-state index contributed by atoms with van der Waals surface area (Å²) in [6.45, 7) is 6.84. The molecular formula is C9H16. The normalized spacial score (nSPS) is 30.3. The Kier molecular flexibility index (Phi) is 1.94. The van der Waals surface area contributed by atoms with Crippen molar-refractivity contribution < 1.29 is 0 Å². The van der Waals surface area contributed by atoms with E-state index in [1.54, 1.807) is 11.1 Å². The summed E-state index contributed by atoms with van der Waals surface area (Å²) in [5, 5.41) is 0. The fraction of sp³-hybridized carbons (Fsp3) is 0.778. The summed E-state index contributed by atoms with van der Waals surface area (Å²) in [5.74, 6) is 0.927. The van der Waals surface area contributed by atoms with E-state index in [-0.39, 0.29) is 0 Å². The number of allylic oxidation sites excluding steroid dienone is 2. The first-order valence-electron chi connectivity index (χ1n) is 3.94. The first kappa shape index (κ1) is 6.85.